The highest BCUT2D eigenvalue weighted by Crippen LogP contribution is 2.37. The van der Waals surface area contributed by atoms with E-state index in [4.69, 9.17) is 18.9 Å². The van der Waals surface area contributed by atoms with Gasteiger partial charge in [-0.05, 0) is 6.26 Å². The molecule has 1 aromatic rings. The van der Waals surface area contributed by atoms with Crippen LogP contribution in [0.5, 0.6) is 0 Å². The van der Waals surface area contributed by atoms with Crippen LogP contribution in [0.4, 0.5) is 0 Å². The first-order valence-electron chi connectivity index (χ1n) is 6.95. The Balaban J connectivity index is 1.77. The lowest BCUT2D eigenvalue weighted by atomic mass is 10.0. The van der Waals surface area contributed by atoms with E-state index in [0.29, 0.717) is 6.61 Å². The van der Waals surface area contributed by atoms with E-state index in [-0.39, 0.29) is 17.5 Å². The number of methoxy groups -OCH3 is 1. The Hall–Kier alpha value is -0.630. The third kappa shape index (κ3) is 2.97. The predicted octanol–water partition coefficient (Wildman–Crippen LogP) is 1.56. The molecule has 2 aliphatic rings. The SMILES string of the molecule is CO[C@H]1O[C@@H]2CO[C@@H](c3ccccc3)O[C@H]2[C@@H](SC)[C@@H]1O. The lowest BCUT2D eigenvalue weighted by molar-refractivity contribution is -0.330. The van der Waals surface area contributed by atoms with E-state index in [9.17, 15) is 5.11 Å². The molecule has 0 radical (unpaired) electrons. The first-order chi connectivity index (χ1) is 10.2. The van der Waals surface area contributed by atoms with Gasteiger partial charge in [0.25, 0.3) is 0 Å². The Morgan fingerprint density at radius 1 is 1.24 bits per heavy atom. The summed E-state index contributed by atoms with van der Waals surface area (Å²) in [6.45, 7) is 0.424. The van der Waals surface area contributed by atoms with E-state index >= 15 is 0 Å². The zero-order valence-electron chi connectivity index (χ0n) is 12.0. The van der Waals surface area contributed by atoms with E-state index in [1.165, 1.54) is 7.11 Å². The third-order valence-electron chi connectivity index (χ3n) is 3.88. The zero-order valence-corrected chi connectivity index (χ0v) is 12.9. The fourth-order valence-corrected chi connectivity index (χ4v) is 3.72. The molecule has 0 spiro atoms. The second-order valence-corrected chi connectivity index (χ2v) is 6.16. The number of ether oxygens (including phenoxy) is 4. The van der Waals surface area contributed by atoms with Crippen LogP contribution in [-0.4, -0.2) is 54.9 Å². The number of aliphatic hydroxyl groups is 1. The summed E-state index contributed by atoms with van der Waals surface area (Å²) in [7, 11) is 1.53. The number of hydrogen-bond acceptors (Lipinski definition) is 6. The summed E-state index contributed by atoms with van der Waals surface area (Å²) in [5.74, 6) is 0. The number of fused-ring (bicyclic) bond motifs is 1. The molecule has 0 aromatic heterocycles. The number of aliphatic hydroxyl groups excluding tert-OH is 1. The van der Waals surface area contributed by atoms with Crippen LogP contribution in [0.2, 0.25) is 0 Å². The molecule has 0 amide bonds. The largest absolute Gasteiger partial charge is 0.387 e. The summed E-state index contributed by atoms with van der Waals surface area (Å²) in [4.78, 5) is 0. The van der Waals surface area contributed by atoms with Crippen molar-refractivity contribution < 1.29 is 24.1 Å². The second-order valence-electron chi connectivity index (χ2n) is 5.15. The van der Waals surface area contributed by atoms with Gasteiger partial charge in [0.2, 0.25) is 0 Å². The van der Waals surface area contributed by atoms with Crippen molar-refractivity contribution in [3.8, 4) is 0 Å². The smallest absolute Gasteiger partial charge is 0.184 e. The molecule has 2 fully saturated rings. The summed E-state index contributed by atoms with van der Waals surface area (Å²) in [5.41, 5.74) is 0.971. The zero-order chi connectivity index (χ0) is 14.8. The van der Waals surface area contributed by atoms with Gasteiger partial charge in [-0.1, -0.05) is 30.3 Å². The van der Waals surface area contributed by atoms with Gasteiger partial charge in [-0.3, -0.25) is 0 Å². The topological polar surface area (TPSA) is 57.2 Å². The molecule has 0 aliphatic carbocycles. The van der Waals surface area contributed by atoms with Crippen molar-refractivity contribution in [3.63, 3.8) is 0 Å². The first kappa shape index (κ1) is 15.3. The van der Waals surface area contributed by atoms with Crippen LogP contribution in [0.15, 0.2) is 30.3 Å². The van der Waals surface area contributed by atoms with Crippen molar-refractivity contribution in [1.82, 2.24) is 0 Å². The van der Waals surface area contributed by atoms with Gasteiger partial charge in [-0.2, -0.15) is 11.8 Å². The third-order valence-corrected chi connectivity index (χ3v) is 4.97. The van der Waals surface area contributed by atoms with Crippen LogP contribution in [0, 0.1) is 0 Å². The fraction of sp³-hybridized carbons (Fsp3) is 0.600. The minimum atomic E-state index is -0.722. The van der Waals surface area contributed by atoms with E-state index < -0.39 is 18.7 Å². The molecule has 2 saturated heterocycles. The second kappa shape index (κ2) is 6.64. The van der Waals surface area contributed by atoms with Crippen molar-refractivity contribution in [3.05, 3.63) is 35.9 Å². The number of rotatable bonds is 3. The summed E-state index contributed by atoms with van der Waals surface area (Å²) in [6, 6.07) is 9.80. The molecular formula is C15H20O5S. The molecule has 6 heteroatoms. The highest BCUT2D eigenvalue weighted by Gasteiger charge is 2.49. The van der Waals surface area contributed by atoms with Gasteiger partial charge in [0.05, 0.1) is 11.9 Å². The van der Waals surface area contributed by atoms with E-state index in [1.807, 2.05) is 36.6 Å². The summed E-state index contributed by atoms with van der Waals surface area (Å²) < 4.78 is 22.8. The molecule has 1 N–H and O–H groups in total. The van der Waals surface area contributed by atoms with Crippen molar-refractivity contribution >= 4 is 11.8 Å². The predicted molar refractivity (Wildman–Crippen MR) is 79.0 cm³/mol. The molecule has 0 saturated carbocycles. The van der Waals surface area contributed by atoms with Gasteiger partial charge in [0.1, 0.15) is 18.3 Å². The minimum absolute atomic E-state index is 0.108. The van der Waals surface area contributed by atoms with Gasteiger partial charge >= 0.3 is 0 Å². The van der Waals surface area contributed by atoms with Crippen LogP contribution in [0.25, 0.3) is 0 Å². The number of thioether (sulfide) groups is 1. The molecule has 21 heavy (non-hydrogen) atoms. The van der Waals surface area contributed by atoms with Crippen LogP contribution in [0.1, 0.15) is 11.9 Å². The minimum Gasteiger partial charge on any atom is -0.387 e. The quantitative estimate of drug-likeness (QED) is 0.914. The van der Waals surface area contributed by atoms with Gasteiger partial charge in [0, 0.05) is 12.7 Å². The molecule has 0 unspecified atom stereocenters. The summed E-state index contributed by atoms with van der Waals surface area (Å²) >= 11 is 1.57. The van der Waals surface area contributed by atoms with E-state index in [0.717, 1.165) is 5.56 Å². The fourth-order valence-electron chi connectivity index (χ4n) is 2.81. The van der Waals surface area contributed by atoms with E-state index in [2.05, 4.69) is 0 Å². The van der Waals surface area contributed by atoms with Gasteiger partial charge in [0.15, 0.2) is 12.6 Å². The van der Waals surface area contributed by atoms with Crippen LogP contribution >= 0.6 is 11.8 Å². The van der Waals surface area contributed by atoms with E-state index in [1.54, 1.807) is 11.8 Å². The monoisotopic (exact) mass is 312 g/mol. The van der Waals surface area contributed by atoms with Gasteiger partial charge in [-0.15, -0.1) is 0 Å². The lowest BCUT2D eigenvalue weighted by Gasteiger charge is -2.47. The molecular weight excluding hydrogens is 292 g/mol. The summed E-state index contributed by atoms with van der Waals surface area (Å²) in [6.07, 6.45) is -0.266. The van der Waals surface area contributed by atoms with Crippen LogP contribution < -0.4 is 0 Å². The van der Waals surface area contributed by atoms with Gasteiger partial charge < -0.3 is 24.1 Å². The average molecular weight is 312 g/mol. The maximum absolute atomic E-state index is 10.3. The molecule has 2 aliphatic heterocycles. The van der Waals surface area contributed by atoms with Crippen molar-refractivity contribution in [2.24, 2.45) is 0 Å². The maximum atomic E-state index is 10.3. The first-order valence-corrected chi connectivity index (χ1v) is 8.24. The van der Waals surface area contributed by atoms with Crippen LogP contribution in [0.3, 0.4) is 0 Å². The molecule has 2 heterocycles. The van der Waals surface area contributed by atoms with Crippen LogP contribution in [-0.2, 0) is 18.9 Å². The maximum Gasteiger partial charge on any atom is 0.184 e. The number of hydrogen-bond donors (Lipinski definition) is 1. The van der Waals surface area contributed by atoms with Crippen molar-refractivity contribution in [2.75, 3.05) is 20.0 Å². The Labute approximate surface area is 128 Å². The standard InChI is InChI=1S/C15H20O5S/c1-17-15-11(16)13(21-2)12-10(19-15)8-18-14(20-12)9-6-4-3-5-7-9/h3-7,10-16H,8H2,1-2H3/t10-,11+,12-,13+,14-,15+/m1/s1. The Morgan fingerprint density at radius 2 is 2.00 bits per heavy atom. The highest BCUT2D eigenvalue weighted by atomic mass is 32.2. The number of benzene rings is 1. The molecule has 116 valence electrons. The summed E-state index contributed by atoms with van der Waals surface area (Å²) in [5, 5.41) is 10.2. The Bertz CT molecular complexity index is 457. The highest BCUT2D eigenvalue weighted by molar-refractivity contribution is 7.99. The Morgan fingerprint density at radius 3 is 2.67 bits per heavy atom. The van der Waals surface area contributed by atoms with Crippen molar-refractivity contribution in [1.29, 1.82) is 0 Å². The molecule has 5 nitrogen and oxygen atoms in total. The normalized spacial score (nSPS) is 39.8. The average Bonchev–Trinajstić information content (AvgIpc) is 2.54. The van der Waals surface area contributed by atoms with Gasteiger partial charge in [-0.25, -0.2) is 0 Å². The molecule has 3 rings (SSSR count). The molecule has 6 atom stereocenters. The molecule has 0 bridgehead atoms. The molecule has 1 aromatic carbocycles. The lowest BCUT2D eigenvalue weighted by Crippen LogP contribution is -2.60. The Kier molecular flexibility index (Phi) is 4.83. The van der Waals surface area contributed by atoms with Crippen molar-refractivity contribution in [2.45, 2.75) is 36.1 Å².